The predicted molar refractivity (Wildman–Crippen MR) is 69.6 cm³/mol. The summed E-state index contributed by atoms with van der Waals surface area (Å²) in [6.07, 6.45) is 2.01. The molecule has 1 aliphatic heterocycles. The monoisotopic (exact) mass is 302 g/mol. The van der Waals surface area contributed by atoms with Crippen LogP contribution in [0.4, 0.5) is 0 Å². The summed E-state index contributed by atoms with van der Waals surface area (Å²) in [5.74, 6) is 0.138. The van der Waals surface area contributed by atoms with E-state index >= 15 is 0 Å². The molecule has 0 aromatic carbocycles. The Morgan fingerprint density at radius 2 is 2.50 bits per heavy atom. The normalized spacial score (nSPS) is 20.9. The molecule has 0 spiro atoms. The molecule has 1 atom stereocenters. The Morgan fingerprint density at radius 1 is 1.69 bits per heavy atom. The van der Waals surface area contributed by atoms with Gasteiger partial charge >= 0.3 is 0 Å². The number of rotatable bonds is 3. The Morgan fingerprint density at radius 3 is 3.12 bits per heavy atom. The van der Waals surface area contributed by atoms with Gasteiger partial charge in [0.2, 0.25) is 5.91 Å². The first-order valence-electron chi connectivity index (χ1n) is 5.42. The number of carbonyl (C=O) groups excluding carboxylic acids is 1. The Balaban J connectivity index is 1.89. The lowest BCUT2D eigenvalue weighted by Gasteiger charge is -2.22. The lowest BCUT2D eigenvalue weighted by atomic mass is 10.1. The average molecular weight is 303 g/mol. The Hall–Kier alpha value is -0.390. The molecule has 0 bridgehead atoms. The number of carbonyl (C=O) groups is 1. The predicted octanol–water partition coefficient (Wildman–Crippen LogP) is 2.19. The fourth-order valence-corrected chi connectivity index (χ4v) is 3.35. The van der Waals surface area contributed by atoms with E-state index in [1.807, 2.05) is 0 Å². The quantitative estimate of drug-likeness (QED) is 0.899. The van der Waals surface area contributed by atoms with Gasteiger partial charge in [0, 0.05) is 27.3 Å². The molecule has 0 saturated carbocycles. The molecular formula is C11H15BrN2OS. The van der Waals surface area contributed by atoms with Gasteiger partial charge in [-0.3, -0.25) is 4.79 Å². The standard InChI is InChI=1S/C11H15BrN2OS/c1-7-9(12)5-8(16-7)6-14-10-3-2-4-13-11(10)15/h5,10,14H,2-4,6H2,1H3,(H,13,15). The van der Waals surface area contributed by atoms with E-state index in [-0.39, 0.29) is 11.9 Å². The molecule has 2 rings (SSSR count). The average Bonchev–Trinajstić information content (AvgIpc) is 2.57. The van der Waals surface area contributed by atoms with Gasteiger partial charge in [-0.25, -0.2) is 0 Å². The van der Waals surface area contributed by atoms with Crippen LogP contribution in [0.15, 0.2) is 10.5 Å². The maximum absolute atomic E-state index is 11.5. The summed E-state index contributed by atoms with van der Waals surface area (Å²) in [5.41, 5.74) is 0. The zero-order valence-corrected chi connectivity index (χ0v) is 11.6. The van der Waals surface area contributed by atoms with Gasteiger partial charge in [-0.05, 0) is 41.8 Å². The molecule has 1 aromatic rings. The maximum Gasteiger partial charge on any atom is 0.237 e. The van der Waals surface area contributed by atoms with Crippen molar-refractivity contribution in [3.05, 3.63) is 20.3 Å². The highest BCUT2D eigenvalue weighted by Crippen LogP contribution is 2.26. The van der Waals surface area contributed by atoms with Gasteiger partial charge in [-0.15, -0.1) is 11.3 Å². The number of hydrogen-bond donors (Lipinski definition) is 2. The highest BCUT2D eigenvalue weighted by molar-refractivity contribution is 9.10. The Labute approximate surface area is 108 Å². The minimum Gasteiger partial charge on any atom is -0.355 e. The van der Waals surface area contributed by atoms with Crippen molar-refractivity contribution >= 4 is 33.2 Å². The van der Waals surface area contributed by atoms with Crippen LogP contribution < -0.4 is 10.6 Å². The van der Waals surface area contributed by atoms with Crippen molar-refractivity contribution in [3.8, 4) is 0 Å². The summed E-state index contributed by atoms with van der Waals surface area (Å²) in [7, 11) is 0. The second-order valence-corrected chi connectivity index (χ2v) is 6.18. The molecule has 1 unspecified atom stereocenters. The van der Waals surface area contributed by atoms with E-state index < -0.39 is 0 Å². The second-order valence-electron chi connectivity index (χ2n) is 3.98. The minimum atomic E-state index is -0.0186. The summed E-state index contributed by atoms with van der Waals surface area (Å²) in [4.78, 5) is 14.1. The van der Waals surface area contributed by atoms with Crippen molar-refractivity contribution in [2.75, 3.05) is 6.54 Å². The molecule has 5 heteroatoms. The van der Waals surface area contributed by atoms with Crippen LogP contribution in [-0.4, -0.2) is 18.5 Å². The zero-order valence-electron chi connectivity index (χ0n) is 9.18. The van der Waals surface area contributed by atoms with Crippen molar-refractivity contribution < 1.29 is 4.79 Å². The SMILES string of the molecule is Cc1sc(CNC2CCCNC2=O)cc1Br. The van der Waals surface area contributed by atoms with E-state index in [2.05, 4.69) is 39.6 Å². The topological polar surface area (TPSA) is 41.1 Å². The Kier molecular flexibility index (Phi) is 4.00. The molecule has 3 nitrogen and oxygen atoms in total. The van der Waals surface area contributed by atoms with E-state index in [0.29, 0.717) is 0 Å². The van der Waals surface area contributed by atoms with E-state index in [9.17, 15) is 4.79 Å². The van der Waals surface area contributed by atoms with Crippen LogP contribution in [0.2, 0.25) is 0 Å². The lowest BCUT2D eigenvalue weighted by molar-refractivity contribution is -0.124. The summed E-state index contributed by atoms with van der Waals surface area (Å²) in [6, 6.07) is 2.10. The molecule has 1 saturated heterocycles. The molecule has 1 fully saturated rings. The number of amides is 1. The van der Waals surface area contributed by atoms with Crippen LogP contribution in [0, 0.1) is 6.92 Å². The molecule has 16 heavy (non-hydrogen) atoms. The van der Waals surface area contributed by atoms with Crippen LogP contribution in [-0.2, 0) is 11.3 Å². The van der Waals surface area contributed by atoms with Gasteiger partial charge in [0.25, 0.3) is 0 Å². The summed E-state index contributed by atoms with van der Waals surface area (Å²) in [6.45, 7) is 3.68. The van der Waals surface area contributed by atoms with E-state index in [1.54, 1.807) is 11.3 Å². The summed E-state index contributed by atoms with van der Waals surface area (Å²) >= 11 is 5.26. The fraction of sp³-hybridized carbons (Fsp3) is 0.545. The molecule has 1 aliphatic rings. The van der Waals surface area contributed by atoms with E-state index in [0.717, 1.165) is 30.4 Å². The molecule has 0 radical (unpaired) electrons. The van der Waals surface area contributed by atoms with Crippen molar-refractivity contribution in [3.63, 3.8) is 0 Å². The van der Waals surface area contributed by atoms with Crippen molar-refractivity contribution in [2.24, 2.45) is 0 Å². The largest absolute Gasteiger partial charge is 0.355 e. The number of halogens is 1. The molecule has 2 N–H and O–H groups in total. The first kappa shape index (κ1) is 12.1. The zero-order chi connectivity index (χ0) is 11.5. The summed E-state index contributed by atoms with van der Waals surface area (Å²) < 4.78 is 1.15. The number of aryl methyl sites for hydroxylation is 1. The molecule has 2 heterocycles. The first-order chi connectivity index (χ1) is 7.66. The minimum absolute atomic E-state index is 0.0186. The van der Waals surface area contributed by atoms with E-state index in [4.69, 9.17) is 0 Å². The van der Waals surface area contributed by atoms with Gasteiger partial charge in [0.05, 0.1) is 6.04 Å². The summed E-state index contributed by atoms with van der Waals surface area (Å²) in [5, 5.41) is 6.18. The molecule has 1 amide bonds. The fourth-order valence-electron chi connectivity index (χ4n) is 1.80. The third-order valence-corrected chi connectivity index (χ3v) is 4.85. The van der Waals surface area contributed by atoms with Gasteiger partial charge in [0.15, 0.2) is 0 Å². The van der Waals surface area contributed by atoms with Gasteiger partial charge in [-0.2, -0.15) is 0 Å². The lowest BCUT2D eigenvalue weighted by Crippen LogP contribution is -2.47. The number of piperidine rings is 1. The second kappa shape index (κ2) is 5.29. The van der Waals surface area contributed by atoms with Crippen molar-refractivity contribution in [1.29, 1.82) is 0 Å². The molecular weight excluding hydrogens is 288 g/mol. The molecule has 0 aliphatic carbocycles. The van der Waals surface area contributed by atoms with Crippen LogP contribution in [0.5, 0.6) is 0 Å². The molecule has 88 valence electrons. The van der Waals surface area contributed by atoms with Crippen LogP contribution in [0.3, 0.4) is 0 Å². The van der Waals surface area contributed by atoms with Crippen LogP contribution in [0.1, 0.15) is 22.6 Å². The van der Waals surface area contributed by atoms with Crippen molar-refractivity contribution in [2.45, 2.75) is 32.4 Å². The number of nitrogens with one attached hydrogen (secondary N) is 2. The van der Waals surface area contributed by atoms with Crippen LogP contribution >= 0.6 is 27.3 Å². The maximum atomic E-state index is 11.5. The third-order valence-electron chi connectivity index (χ3n) is 2.72. The number of thiophene rings is 1. The molecule has 1 aromatic heterocycles. The number of hydrogen-bond acceptors (Lipinski definition) is 3. The van der Waals surface area contributed by atoms with Crippen molar-refractivity contribution in [1.82, 2.24) is 10.6 Å². The van der Waals surface area contributed by atoms with Gasteiger partial charge in [0.1, 0.15) is 0 Å². The van der Waals surface area contributed by atoms with Gasteiger partial charge in [-0.1, -0.05) is 0 Å². The van der Waals surface area contributed by atoms with Gasteiger partial charge < -0.3 is 10.6 Å². The third kappa shape index (κ3) is 2.84. The van der Waals surface area contributed by atoms with E-state index in [1.165, 1.54) is 9.75 Å². The smallest absolute Gasteiger partial charge is 0.237 e. The first-order valence-corrected chi connectivity index (χ1v) is 7.03. The highest BCUT2D eigenvalue weighted by Gasteiger charge is 2.21. The Bertz CT molecular complexity index is 372. The van der Waals surface area contributed by atoms with Crippen LogP contribution in [0.25, 0.3) is 0 Å². The highest BCUT2D eigenvalue weighted by atomic mass is 79.9.